The van der Waals surface area contributed by atoms with Gasteiger partial charge in [-0.25, -0.2) is 4.98 Å². The van der Waals surface area contributed by atoms with Crippen LogP contribution in [0.2, 0.25) is 0 Å². The van der Waals surface area contributed by atoms with Crippen LogP contribution in [0.15, 0.2) is 36.8 Å². The second-order valence-electron chi connectivity index (χ2n) is 7.95. The third-order valence-electron chi connectivity index (χ3n) is 5.25. The zero-order valence-electron chi connectivity index (χ0n) is 19.1. The SMILES string of the molecule is CCNC(=O)c1cnc(Nc2cnn(C)c2)nc1Nc1cccc(OC2CCN(C)CC2)n1. The number of hydrogen-bond acceptors (Lipinski definition) is 9. The predicted octanol–water partition coefficient (Wildman–Crippen LogP) is 2.31. The van der Waals surface area contributed by atoms with E-state index in [1.54, 1.807) is 23.1 Å². The summed E-state index contributed by atoms with van der Waals surface area (Å²) < 4.78 is 7.76. The van der Waals surface area contributed by atoms with Crippen LogP contribution in [0.4, 0.5) is 23.3 Å². The molecule has 1 fully saturated rings. The number of nitrogens with one attached hydrogen (secondary N) is 3. The van der Waals surface area contributed by atoms with E-state index in [-0.39, 0.29) is 12.0 Å². The summed E-state index contributed by atoms with van der Waals surface area (Å²) in [6, 6.07) is 5.50. The van der Waals surface area contributed by atoms with E-state index in [0.29, 0.717) is 35.6 Å². The number of piperidine rings is 1. The molecule has 4 heterocycles. The maximum absolute atomic E-state index is 12.6. The Morgan fingerprint density at radius 1 is 1.15 bits per heavy atom. The number of carbonyl (C=O) groups is 1. The van der Waals surface area contributed by atoms with Gasteiger partial charge in [0.2, 0.25) is 11.8 Å². The zero-order chi connectivity index (χ0) is 23.2. The average molecular weight is 452 g/mol. The number of ether oxygens (including phenoxy) is 1. The highest BCUT2D eigenvalue weighted by Crippen LogP contribution is 2.23. The van der Waals surface area contributed by atoms with Gasteiger partial charge in [-0.2, -0.15) is 15.1 Å². The molecule has 174 valence electrons. The highest BCUT2D eigenvalue weighted by atomic mass is 16.5. The molecule has 0 aliphatic carbocycles. The number of rotatable bonds is 8. The lowest BCUT2D eigenvalue weighted by Gasteiger charge is -2.29. The third kappa shape index (κ3) is 5.95. The number of carbonyl (C=O) groups excluding carboxylic acids is 1. The number of pyridine rings is 1. The van der Waals surface area contributed by atoms with Crippen LogP contribution in [-0.2, 0) is 7.05 Å². The first-order chi connectivity index (χ1) is 16.0. The summed E-state index contributed by atoms with van der Waals surface area (Å²) in [7, 11) is 3.94. The first kappa shape index (κ1) is 22.5. The van der Waals surface area contributed by atoms with Crippen molar-refractivity contribution in [2.75, 3.05) is 37.3 Å². The fourth-order valence-electron chi connectivity index (χ4n) is 3.52. The number of hydrogen-bond donors (Lipinski definition) is 3. The quantitative estimate of drug-likeness (QED) is 0.473. The van der Waals surface area contributed by atoms with Crippen molar-refractivity contribution >= 4 is 29.2 Å². The van der Waals surface area contributed by atoms with Crippen LogP contribution < -0.4 is 20.7 Å². The van der Waals surface area contributed by atoms with Gasteiger partial charge in [-0.05, 0) is 32.9 Å². The summed E-state index contributed by atoms with van der Waals surface area (Å²) in [4.78, 5) is 28.2. The van der Waals surface area contributed by atoms with E-state index in [2.05, 4.69) is 47.9 Å². The Labute approximate surface area is 192 Å². The maximum atomic E-state index is 12.6. The highest BCUT2D eigenvalue weighted by molar-refractivity contribution is 5.99. The second-order valence-corrected chi connectivity index (χ2v) is 7.95. The second kappa shape index (κ2) is 10.3. The van der Waals surface area contributed by atoms with Crippen molar-refractivity contribution < 1.29 is 9.53 Å². The third-order valence-corrected chi connectivity index (χ3v) is 5.25. The van der Waals surface area contributed by atoms with E-state index in [0.717, 1.165) is 31.6 Å². The molecular weight excluding hydrogens is 422 g/mol. The molecule has 1 aliphatic heterocycles. The largest absolute Gasteiger partial charge is 0.474 e. The van der Waals surface area contributed by atoms with E-state index < -0.39 is 0 Å². The van der Waals surface area contributed by atoms with Gasteiger partial charge in [-0.1, -0.05) is 6.07 Å². The van der Waals surface area contributed by atoms with Crippen molar-refractivity contribution in [1.29, 1.82) is 0 Å². The van der Waals surface area contributed by atoms with Gasteiger partial charge >= 0.3 is 0 Å². The fraction of sp³-hybridized carbons (Fsp3) is 0.409. The number of likely N-dealkylation sites (tertiary alicyclic amines) is 1. The van der Waals surface area contributed by atoms with E-state index in [9.17, 15) is 4.79 Å². The summed E-state index contributed by atoms with van der Waals surface area (Å²) in [5.41, 5.74) is 1.05. The van der Waals surface area contributed by atoms with E-state index >= 15 is 0 Å². The summed E-state index contributed by atoms with van der Waals surface area (Å²) in [5.74, 6) is 1.46. The smallest absolute Gasteiger partial charge is 0.256 e. The summed E-state index contributed by atoms with van der Waals surface area (Å²) in [6.45, 7) is 4.36. The first-order valence-corrected chi connectivity index (χ1v) is 11.0. The van der Waals surface area contributed by atoms with Crippen molar-refractivity contribution in [1.82, 2.24) is 34.9 Å². The van der Waals surface area contributed by atoms with E-state index in [1.165, 1.54) is 6.20 Å². The molecule has 3 N–H and O–H groups in total. The topological polar surface area (TPSA) is 122 Å². The minimum absolute atomic E-state index is 0.143. The van der Waals surface area contributed by atoms with Crippen molar-refractivity contribution in [2.24, 2.45) is 7.05 Å². The molecule has 1 saturated heterocycles. The number of aryl methyl sites for hydroxylation is 1. The molecule has 0 saturated carbocycles. The lowest BCUT2D eigenvalue weighted by molar-refractivity contribution is 0.0956. The number of nitrogens with zero attached hydrogens (tertiary/aromatic N) is 6. The van der Waals surface area contributed by atoms with Crippen LogP contribution in [-0.4, -0.2) is 68.3 Å². The molecule has 33 heavy (non-hydrogen) atoms. The van der Waals surface area contributed by atoms with E-state index in [4.69, 9.17) is 4.74 Å². The average Bonchev–Trinajstić information content (AvgIpc) is 3.20. The van der Waals surface area contributed by atoms with Gasteiger partial charge in [-0.3, -0.25) is 9.48 Å². The van der Waals surface area contributed by atoms with Gasteiger partial charge in [0.05, 0.1) is 11.9 Å². The molecule has 3 aromatic heterocycles. The zero-order valence-corrected chi connectivity index (χ0v) is 19.1. The molecule has 0 spiro atoms. The van der Waals surface area contributed by atoms with Crippen molar-refractivity contribution in [3.8, 4) is 5.88 Å². The fourth-order valence-corrected chi connectivity index (χ4v) is 3.52. The Kier molecular flexibility index (Phi) is 6.98. The minimum Gasteiger partial charge on any atom is -0.474 e. The van der Waals surface area contributed by atoms with Gasteiger partial charge in [0.25, 0.3) is 5.91 Å². The normalized spacial score (nSPS) is 14.6. The van der Waals surface area contributed by atoms with Crippen LogP contribution in [0, 0.1) is 0 Å². The molecule has 0 unspecified atom stereocenters. The minimum atomic E-state index is -0.272. The van der Waals surface area contributed by atoms with Gasteiger partial charge in [0, 0.05) is 45.1 Å². The van der Waals surface area contributed by atoms with Gasteiger partial charge in [0.15, 0.2) is 0 Å². The molecule has 4 rings (SSSR count). The molecular formula is C22H29N9O2. The van der Waals surface area contributed by atoms with Crippen LogP contribution in [0.1, 0.15) is 30.1 Å². The predicted molar refractivity (Wildman–Crippen MR) is 125 cm³/mol. The molecule has 11 nitrogen and oxygen atoms in total. The molecule has 11 heteroatoms. The maximum Gasteiger partial charge on any atom is 0.256 e. The molecule has 0 bridgehead atoms. The molecule has 3 aromatic rings. The summed E-state index contributed by atoms with van der Waals surface area (Å²) in [5, 5.41) is 13.2. The molecule has 0 radical (unpaired) electrons. The van der Waals surface area contributed by atoms with Crippen molar-refractivity contribution in [3.63, 3.8) is 0 Å². The molecule has 0 atom stereocenters. The van der Waals surface area contributed by atoms with Crippen LogP contribution >= 0.6 is 0 Å². The lowest BCUT2D eigenvalue weighted by Crippen LogP contribution is -2.35. The highest BCUT2D eigenvalue weighted by Gasteiger charge is 2.19. The molecule has 1 amide bonds. The van der Waals surface area contributed by atoms with Gasteiger partial charge in [-0.15, -0.1) is 0 Å². The van der Waals surface area contributed by atoms with Crippen LogP contribution in [0.5, 0.6) is 5.88 Å². The van der Waals surface area contributed by atoms with Gasteiger partial charge in [0.1, 0.15) is 23.3 Å². The van der Waals surface area contributed by atoms with Crippen molar-refractivity contribution in [2.45, 2.75) is 25.9 Å². The summed E-state index contributed by atoms with van der Waals surface area (Å²) in [6.07, 6.45) is 7.03. The summed E-state index contributed by atoms with van der Waals surface area (Å²) >= 11 is 0. The van der Waals surface area contributed by atoms with Gasteiger partial charge < -0.3 is 25.6 Å². The Bertz CT molecular complexity index is 1090. The molecule has 1 aliphatic rings. The van der Waals surface area contributed by atoms with E-state index in [1.807, 2.05) is 26.1 Å². The standard InChI is InChI=1S/C22H29N9O2/c1-4-23-21(32)17-13-24-22(26-15-12-25-31(3)14-15)29-20(17)28-18-6-5-7-19(27-18)33-16-8-10-30(2)11-9-16/h5-7,12-14,16H,4,8-11H2,1-3H3,(H,23,32)(H2,24,26,27,28,29). The Morgan fingerprint density at radius 3 is 2.70 bits per heavy atom. The first-order valence-electron chi connectivity index (χ1n) is 11.0. The Morgan fingerprint density at radius 2 is 1.97 bits per heavy atom. The Balaban J connectivity index is 1.54. The monoisotopic (exact) mass is 451 g/mol. The van der Waals surface area contributed by atoms with Crippen molar-refractivity contribution in [3.05, 3.63) is 42.4 Å². The Hall–Kier alpha value is -3.73. The number of aromatic nitrogens is 5. The van der Waals surface area contributed by atoms with Crippen LogP contribution in [0.3, 0.4) is 0 Å². The van der Waals surface area contributed by atoms with Crippen LogP contribution in [0.25, 0.3) is 0 Å². The lowest BCUT2D eigenvalue weighted by atomic mass is 10.1. The molecule has 0 aromatic carbocycles. The number of anilines is 4. The number of amides is 1.